The molecular formula is C8H18N2O2S. The second-order valence-corrected chi connectivity index (χ2v) is 3.64. The fraction of sp³-hybridized carbons (Fsp3) is 0.875. The predicted octanol–water partition coefficient (Wildman–Crippen LogP) is 0.175. The standard InChI is InChI=1S/C8H18N2O2S/c1-4-12-8(11)6(2)10-7(5-9)13-3/h6-7,10H,4-5,9H2,1-3H3/t6-,7?/m1/s1. The Morgan fingerprint density at radius 2 is 2.31 bits per heavy atom. The summed E-state index contributed by atoms with van der Waals surface area (Å²) in [5.74, 6) is -0.227. The van der Waals surface area contributed by atoms with Gasteiger partial charge in [0.05, 0.1) is 12.0 Å². The number of hydrogen-bond acceptors (Lipinski definition) is 5. The number of carbonyl (C=O) groups is 1. The summed E-state index contributed by atoms with van der Waals surface area (Å²) >= 11 is 1.59. The Morgan fingerprint density at radius 1 is 1.69 bits per heavy atom. The van der Waals surface area contributed by atoms with Crippen LogP contribution in [0.2, 0.25) is 0 Å². The molecule has 1 unspecified atom stereocenters. The van der Waals surface area contributed by atoms with Gasteiger partial charge in [-0.15, -0.1) is 11.8 Å². The van der Waals surface area contributed by atoms with Crippen LogP contribution in [0.1, 0.15) is 13.8 Å². The molecule has 0 saturated heterocycles. The van der Waals surface area contributed by atoms with Crippen LogP contribution >= 0.6 is 11.8 Å². The molecule has 13 heavy (non-hydrogen) atoms. The normalized spacial score (nSPS) is 15.1. The molecule has 0 saturated carbocycles. The molecule has 5 heteroatoms. The lowest BCUT2D eigenvalue weighted by atomic mass is 10.3. The maximum atomic E-state index is 11.2. The van der Waals surface area contributed by atoms with E-state index in [4.69, 9.17) is 10.5 Å². The quantitative estimate of drug-likeness (QED) is 0.479. The summed E-state index contributed by atoms with van der Waals surface area (Å²) in [6, 6.07) is -0.291. The van der Waals surface area contributed by atoms with Gasteiger partial charge < -0.3 is 10.5 Å². The van der Waals surface area contributed by atoms with E-state index >= 15 is 0 Å². The number of thioether (sulfide) groups is 1. The molecule has 0 bridgehead atoms. The fourth-order valence-electron chi connectivity index (χ4n) is 0.846. The summed E-state index contributed by atoms with van der Waals surface area (Å²) in [6.45, 7) is 4.48. The van der Waals surface area contributed by atoms with Gasteiger partial charge >= 0.3 is 5.97 Å². The first-order valence-corrected chi connectivity index (χ1v) is 5.60. The molecule has 0 radical (unpaired) electrons. The molecule has 4 nitrogen and oxygen atoms in total. The van der Waals surface area contributed by atoms with Gasteiger partial charge in [-0.25, -0.2) is 0 Å². The third-order valence-corrected chi connectivity index (χ3v) is 2.47. The second-order valence-electron chi connectivity index (χ2n) is 2.60. The van der Waals surface area contributed by atoms with Crippen molar-refractivity contribution in [2.45, 2.75) is 25.3 Å². The molecule has 0 aliphatic heterocycles. The minimum absolute atomic E-state index is 0.111. The third kappa shape index (κ3) is 5.13. The lowest BCUT2D eigenvalue weighted by Crippen LogP contribution is -2.43. The Hall–Kier alpha value is -0.260. The zero-order chi connectivity index (χ0) is 10.3. The number of esters is 1. The van der Waals surface area contributed by atoms with Crippen LogP contribution in [0.15, 0.2) is 0 Å². The molecule has 78 valence electrons. The summed E-state index contributed by atoms with van der Waals surface area (Å²) in [7, 11) is 0. The van der Waals surface area contributed by atoms with Gasteiger partial charge in [-0.1, -0.05) is 0 Å². The van der Waals surface area contributed by atoms with E-state index in [1.165, 1.54) is 0 Å². The van der Waals surface area contributed by atoms with Crippen LogP contribution in [-0.4, -0.2) is 36.8 Å². The molecule has 0 heterocycles. The smallest absolute Gasteiger partial charge is 0.322 e. The minimum Gasteiger partial charge on any atom is -0.465 e. The van der Waals surface area contributed by atoms with E-state index in [1.807, 2.05) is 6.26 Å². The number of hydrogen-bond donors (Lipinski definition) is 2. The average Bonchev–Trinajstić information content (AvgIpc) is 2.14. The average molecular weight is 206 g/mol. The molecule has 0 fully saturated rings. The zero-order valence-corrected chi connectivity index (χ0v) is 9.19. The Labute approximate surface area is 83.6 Å². The molecule has 0 spiro atoms. The van der Waals surface area contributed by atoms with Crippen LogP contribution in [0.3, 0.4) is 0 Å². The van der Waals surface area contributed by atoms with Crippen molar-refractivity contribution >= 4 is 17.7 Å². The lowest BCUT2D eigenvalue weighted by Gasteiger charge is -2.18. The van der Waals surface area contributed by atoms with Crippen LogP contribution in [0.25, 0.3) is 0 Å². The van der Waals surface area contributed by atoms with Gasteiger partial charge in [-0.05, 0) is 20.1 Å². The Balaban J connectivity index is 3.82. The van der Waals surface area contributed by atoms with Crippen molar-refractivity contribution in [2.75, 3.05) is 19.4 Å². The Kier molecular flexibility index (Phi) is 7.03. The molecule has 0 aromatic carbocycles. The number of carbonyl (C=O) groups excluding carboxylic acids is 1. The lowest BCUT2D eigenvalue weighted by molar-refractivity contribution is -0.145. The molecule has 0 aromatic heterocycles. The first-order chi connectivity index (χ1) is 6.15. The number of nitrogens with two attached hydrogens (primary N) is 1. The van der Waals surface area contributed by atoms with Crippen LogP contribution in [0.4, 0.5) is 0 Å². The SMILES string of the molecule is CCOC(=O)[C@@H](C)NC(CN)SC. The summed E-state index contributed by atoms with van der Waals surface area (Å²) < 4.78 is 4.84. The maximum Gasteiger partial charge on any atom is 0.322 e. The summed E-state index contributed by atoms with van der Waals surface area (Å²) in [4.78, 5) is 11.2. The van der Waals surface area contributed by atoms with Gasteiger partial charge in [-0.3, -0.25) is 10.1 Å². The first-order valence-electron chi connectivity index (χ1n) is 4.31. The molecule has 2 atom stereocenters. The largest absolute Gasteiger partial charge is 0.465 e. The van der Waals surface area contributed by atoms with Crippen molar-refractivity contribution in [1.29, 1.82) is 0 Å². The van der Waals surface area contributed by atoms with E-state index in [0.29, 0.717) is 13.2 Å². The van der Waals surface area contributed by atoms with E-state index in [2.05, 4.69) is 5.32 Å². The Bertz CT molecular complexity index is 151. The molecule has 0 amide bonds. The van der Waals surface area contributed by atoms with E-state index in [1.54, 1.807) is 25.6 Å². The molecular weight excluding hydrogens is 188 g/mol. The summed E-state index contributed by atoms with van der Waals surface area (Å²) in [5, 5.41) is 3.17. The molecule has 0 rings (SSSR count). The molecule has 3 N–H and O–H groups in total. The van der Waals surface area contributed by atoms with Crippen LogP contribution in [-0.2, 0) is 9.53 Å². The third-order valence-electron chi connectivity index (χ3n) is 1.57. The monoisotopic (exact) mass is 206 g/mol. The topological polar surface area (TPSA) is 64.3 Å². The fourth-order valence-corrected chi connectivity index (χ4v) is 1.38. The van der Waals surface area contributed by atoms with E-state index in [0.717, 1.165) is 0 Å². The number of nitrogens with one attached hydrogen (secondary N) is 1. The predicted molar refractivity (Wildman–Crippen MR) is 55.6 cm³/mol. The maximum absolute atomic E-state index is 11.2. The van der Waals surface area contributed by atoms with Gasteiger partial charge in [0, 0.05) is 6.54 Å². The molecule has 0 aliphatic rings. The van der Waals surface area contributed by atoms with E-state index in [-0.39, 0.29) is 17.4 Å². The summed E-state index contributed by atoms with van der Waals surface area (Å²) in [5.41, 5.74) is 5.47. The van der Waals surface area contributed by atoms with Crippen molar-refractivity contribution in [3.05, 3.63) is 0 Å². The van der Waals surface area contributed by atoms with Gasteiger partial charge in [-0.2, -0.15) is 0 Å². The highest BCUT2D eigenvalue weighted by molar-refractivity contribution is 7.99. The van der Waals surface area contributed by atoms with Crippen LogP contribution in [0.5, 0.6) is 0 Å². The highest BCUT2D eigenvalue weighted by Crippen LogP contribution is 2.02. The van der Waals surface area contributed by atoms with Gasteiger partial charge in [0.1, 0.15) is 6.04 Å². The number of ether oxygens (including phenoxy) is 1. The van der Waals surface area contributed by atoms with Crippen molar-refractivity contribution in [3.63, 3.8) is 0 Å². The van der Waals surface area contributed by atoms with Gasteiger partial charge in [0.15, 0.2) is 0 Å². The minimum atomic E-state index is -0.291. The Morgan fingerprint density at radius 3 is 2.69 bits per heavy atom. The van der Waals surface area contributed by atoms with Crippen molar-refractivity contribution in [2.24, 2.45) is 5.73 Å². The van der Waals surface area contributed by atoms with Crippen molar-refractivity contribution < 1.29 is 9.53 Å². The zero-order valence-electron chi connectivity index (χ0n) is 8.37. The van der Waals surface area contributed by atoms with Crippen LogP contribution in [0, 0.1) is 0 Å². The molecule has 0 aromatic rings. The summed E-state index contributed by atoms with van der Waals surface area (Å²) in [6.07, 6.45) is 1.95. The van der Waals surface area contributed by atoms with Crippen molar-refractivity contribution in [1.82, 2.24) is 5.32 Å². The molecule has 0 aliphatic carbocycles. The van der Waals surface area contributed by atoms with Crippen molar-refractivity contribution in [3.8, 4) is 0 Å². The number of rotatable bonds is 6. The highest BCUT2D eigenvalue weighted by atomic mass is 32.2. The first kappa shape index (κ1) is 12.7. The van der Waals surface area contributed by atoms with Gasteiger partial charge in [0.2, 0.25) is 0 Å². The van der Waals surface area contributed by atoms with E-state index < -0.39 is 0 Å². The second kappa shape index (κ2) is 7.17. The van der Waals surface area contributed by atoms with E-state index in [9.17, 15) is 4.79 Å². The van der Waals surface area contributed by atoms with Crippen LogP contribution < -0.4 is 11.1 Å². The highest BCUT2D eigenvalue weighted by Gasteiger charge is 2.16. The van der Waals surface area contributed by atoms with Gasteiger partial charge in [0.25, 0.3) is 0 Å².